The smallest absolute Gasteiger partial charge is 0.419 e. The summed E-state index contributed by atoms with van der Waals surface area (Å²) in [6, 6.07) is 3.83. The fraction of sp³-hybridized carbons (Fsp3) is 0.500. The van der Waals surface area contributed by atoms with Gasteiger partial charge in [0, 0.05) is 13.6 Å². The third-order valence-electron chi connectivity index (χ3n) is 2.85. The van der Waals surface area contributed by atoms with Crippen LogP contribution in [0.2, 0.25) is 0 Å². The number of carbonyl (C=O) groups is 1. The van der Waals surface area contributed by atoms with Crippen LogP contribution in [0.3, 0.4) is 0 Å². The average Bonchev–Trinajstić information content (AvgIpc) is 2.44. The highest BCUT2D eigenvalue weighted by atomic mass is 19.4. The van der Waals surface area contributed by atoms with Gasteiger partial charge in [-0.3, -0.25) is 4.79 Å². The predicted molar refractivity (Wildman–Crippen MR) is 73.0 cm³/mol. The van der Waals surface area contributed by atoms with Crippen molar-refractivity contribution < 1.29 is 22.7 Å². The molecule has 1 aromatic carbocycles. The second-order valence-electron chi connectivity index (χ2n) is 4.48. The second-order valence-corrected chi connectivity index (χ2v) is 4.48. The Morgan fingerprint density at radius 2 is 2.05 bits per heavy atom. The van der Waals surface area contributed by atoms with E-state index in [1.54, 1.807) is 6.07 Å². The standard InChI is InChI=1S/C14H19F3N2O2/c1-4-19-8-10-5-6-12(11(7-10)14(15,16)17)21-9(2)13(20)18-3/h5-7,9,19H,4,8H2,1-3H3,(H,18,20). The molecule has 0 aliphatic heterocycles. The normalized spacial score (nSPS) is 12.9. The number of hydrogen-bond acceptors (Lipinski definition) is 3. The van der Waals surface area contributed by atoms with Crippen LogP contribution < -0.4 is 15.4 Å². The van der Waals surface area contributed by atoms with Crippen molar-refractivity contribution in [2.45, 2.75) is 32.7 Å². The highest BCUT2D eigenvalue weighted by Crippen LogP contribution is 2.37. The molecule has 0 fully saturated rings. The van der Waals surface area contributed by atoms with Gasteiger partial charge in [-0.1, -0.05) is 13.0 Å². The molecule has 0 radical (unpaired) electrons. The fourth-order valence-electron chi connectivity index (χ4n) is 1.73. The summed E-state index contributed by atoms with van der Waals surface area (Å²) in [6.07, 6.45) is -5.55. The van der Waals surface area contributed by atoms with E-state index in [1.165, 1.54) is 20.0 Å². The van der Waals surface area contributed by atoms with Gasteiger partial charge in [0.1, 0.15) is 5.75 Å². The number of amides is 1. The van der Waals surface area contributed by atoms with Crippen molar-refractivity contribution >= 4 is 5.91 Å². The molecule has 0 bridgehead atoms. The summed E-state index contributed by atoms with van der Waals surface area (Å²) in [5.41, 5.74) is -0.377. The summed E-state index contributed by atoms with van der Waals surface area (Å²) in [5.74, 6) is -0.835. The van der Waals surface area contributed by atoms with Crippen LogP contribution in [0.4, 0.5) is 13.2 Å². The Morgan fingerprint density at radius 1 is 1.38 bits per heavy atom. The molecule has 1 amide bonds. The Bertz CT molecular complexity index is 490. The van der Waals surface area contributed by atoms with Gasteiger partial charge in [-0.05, 0) is 31.2 Å². The van der Waals surface area contributed by atoms with E-state index in [0.29, 0.717) is 18.7 Å². The lowest BCUT2D eigenvalue weighted by Crippen LogP contribution is -2.34. The van der Waals surface area contributed by atoms with Crippen molar-refractivity contribution in [2.75, 3.05) is 13.6 Å². The molecule has 0 aromatic heterocycles. The molecule has 7 heteroatoms. The minimum Gasteiger partial charge on any atom is -0.480 e. The SMILES string of the molecule is CCNCc1ccc(OC(C)C(=O)NC)c(C(F)(F)F)c1. The van der Waals surface area contributed by atoms with Crippen LogP contribution in [0.15, 0.2) is 18.2 Å². The number of rotatable bonds is 6. The number of nitrogens with one attached hydrogen (secondary N) is 2. The van der Waals surface area contributed by atoms with Gasteiger partial charge in [0.15, 0.2) is 6.10 Å². The number of likely N-dealkylation sites (N-methyl/N-ethyl adjacent to an activating group) is 1. The van der Waals surface area contributed by atoms with Crippen LogP contribution in [0.5, 0.6) is 5.75 Å². The Hall–Kier alpha value is -1.76. The van der Waals surface area contributed by atoms with E-state index < -0.39 is 23.8 Å². The molecule has 0 heterocycles. The third-order valence-corrected chi connectivity index (χ3v) is 2.85. The van der Waals surface area contributed by atoms with Crippen LogP contribution in [0.25, 0.3) is 0 Å². The fourth-order valence-corrected chi connectivity index (χ4v) is 1.73. The molecule has 1 aromatic rings. The summed E-state index contributed by atoms with van der Waals surface area (Å²) in [5, 5.41) is 5.29. The summed E-state index contributed by atoms with van der Waals surface area (Å²) >= 11 is 0. The van der Waals surface area contributed by atoms with Crippen LogP contribution in [-0.2, 0) is 17.5 Å². The van der Waals surface area contributed by atoms with Gasteiger partial charge in [0.05, 0.1) is 5.56 Å². The average molecular weight is 304 g/mol. The van der Waals surface area contributed by atoms with Gasteiger partial charge in [0.2, 0.25) is 0 Å². The van der Waals surface area contributed by atoms with E-state index in [-0.39, 0.29) is 5.75 Å². The maximum atomic E-state index is 13.1. The first-order valence-electron chi connectivity index (χ1n) is 6.58. The van der Waals surface area contributed by atoms with E-state index in [9.17, 15) is 18.0 Å². The molecule has 0 aliphatic rings. The molecule has 4 nitrogen and oxygen atoms in total. The lowest BCUT2D eigenvalue weighted by Gasteiger charge is -2.18. The minimum atomic E-state index is -4.54. The quantitative estimate of drug-likeness (QED) is 0.848. The molecule has 1 rings (SSSR count). The van der Waals surface area contributed by atoms with Crippen molar-refractivity contribution in [3.8, 4) is 5.75 Å². The molecular formula is C14H19F3N2O2. The van der Waals surface area contributed by atoms with Crippen LogP contribution >= 0.6 is 0 Å². The first-order valence-corrected chi connectivity index (χ1v) is 6.58. The zero-order valence-electron chi connectivity index (χ0n) is 12.2. The zero-order valence-corrected chi connectivity index (χ0v) is 12.2. The lowest BCUT2D eigenvalue weighted by molar-refractivity contribution is -0.140. The Morgan fingerprint density at radius 3 is 2.57 bits per heavy atom. The number of halogens is 3. The highest BCUT2D eigenvalue weighted by Gasteiger charge is 2.35. The second kappa shape index (κ2) is 7.31. The molecule has 21 heavy (non-hydrogen) atoms. The van der Waals surface area contributed by atoms with Crippen molar-refractivity contribution in [3.05, 3.63) is 29.3 Å². The van der Waals surface area contributed by atoms with Crippen LogP contribution in [0, 0.1) is 0 Å². The lowest BCUT2D eigenvalue weighted by atomic mass is 10.1. The van der Waals surface area contributed by atoms with E-state index in [2.05, 4.69) is 10.6 Å². The number of benzene rings is 1. The molecule has 0 saturated carbocycles. The van der Waals surface area contributed by atoms with Crippen LogP contribution in [0.1, 0.15) is 25.0 Å². The van der Waals surface area contributed by atoms with Crippen LogP contribution in [-0.4, -0.2) is 25.6 Å². The monoisotopic (exact) mass is 304 g/mol. The van der Waals surface area contributed by atoms with Crippen molar-refractivity contribution in [1.29, 1.82) is 0 Å². The largest absolute Gasteiger partial charge is 0.480 e. The number of alkyl halides is 3. The Kier molecular flexibility index (Phi) is 6.02. The van der Waals surface area contributed by atoms with E-state index in [4.69, 9.17) is 4.74 Å². The van der Waals surface area contributed by atoms with Gasteiger partial charge in [-0.2, -0.15) is 13.2 Å². The first-order chi connectivity index (χ1) is 9.79. The van der Waals surface area contributed by atoms with Gasteiger partial charge < -0.3 is 15.4 Å². The number of carbonyl (C=O) groups excluding carboxylic acids is 1. The third kappa shape index (κ3) is 4.93. The van der Waals surface area contributed by atoms with Gasteiger partial charge >= 0.3 is 6.18 Å². The van der Waals surface area contributed by atoms with Crippen molar-refractivity contribution in [3.63, 3.8) is 0 Å². The van der Waals surface area contributed by atoms with Crippen molar-refractivity contribution in [2.24, 2.45) is 0 Å². The van der Waals surface area contributed by atoms with E-state index >= 15 is 0 Å². The van der Waals surface area contributed by atoms with Gasteiger partial charge in [-0.25, -0.2) is 0 Å². The first kappa shape index (κ1) is 17.3. The Balaban J connectivity index is 3.05. The number of ether oxygens (including phenoxy) is 1. The maximum absolute atomic E-state index is 13.1. The zero-order chi connectivity index (χ0) is 16.0. The highest BCUT2D eigenvalue weighted by molar-refractivity contribution is 5.80. The minimum absolute atomic E-state index is 0.338. The number of hydrogen-bond donors (Lipinski definition) is 2. The molecule has 1 atom stereocenters. The van der Waals surface area contributed by atoms with Crippen molar-refractivity contribution in [1.82, 2.24) is 10.6 Å². The van der Waals surface area contributed by atoms with Gasteiger partial charge in [0.25, 0.3) is 5.91 Å². The summed E-state index contributed by atoms with van der Waals surface area (Å²) in [4.78, 5) is 11.4. The topological polar surface area (TPSA) is 50.4 Å². The molecule has 0 aliphatic carbocycles. The molecule has 2 N–H and O–H groups in total. The molecule has 118 valence electrons. The summed E-state index contributed by atoms with van der Waals surface area (Å²) in [7, 11) is 1.40. The summed E-state index contributed by atoms with van der Waals surface area (Å²) < 4.78 is 44.4. The summed E-state index contributed by atoms with van der Waals surface area (Å²) in [6.45, 7) is 4.26. The Labute approximate surface area is 121 Å². The molecule has 0 spiro atoms. The molecular weight excluding hydrogens is 285 g/mol. The van der Waals surface area contributed by atoms with E-state index in [1.807, 2.05) is 6.92 Å². The molecule has 1 unspecified atom stereocenters. The predicted octanol–water partition coefficient (Wildman–Crippen LogP) is 2.33. The van der Waals surface area contributed by atoms with Gasteiger partial charge in [-0.15, -0.1) is 0 Å². The molecule has 0 saturated heterocycles. The maximum Gasteiger partial charge on any atom is 0.419 e. The van der Waals surface area contributed by atoms with E-state index in [0.717, 1.165) is 6.07 Å².